The molecule has 0 saturated heterocycles. The van der Waals surface area contributed by atoms with Gasteiger partial charge in [0.15, 0.2) is 0 Å². The molecule has 0 atom stereocenters. The molecule has 0 fully saturated rings. The van der Waals surface area contributed by atoms with Crippen molar-refractivity contribution in [1.82, 2.24) is 25.3 Å². The van der Waals surface area contributed by atoms with Crippen LogP contribution in [0.5, 0.6) is 0 Å². The molecule has 4 aromatic rings. The van der Waals surface area contributed by atoms with Gasteiger partial charge in [0.05, 0.1) is 45.1 Å². The van der Waals surface area contributed by atoms with Crippen LogP contribution in [-0.2, 0) is 33.8 Å². The number of benzene rings is 2. The zero-order valence-corrected chi connectivity index (χ0v) is 23.5. The van der Waals surface area contributed by atoms with E-state index in [2.05, 4.69) is 41.2 Å². The quantitative estimate of drug-likeness (QED) is 0.112. The molecule has 0 spiro atoms. The molecule has 12 heteroatoms. The Bertz CT molecular complexity index is 1280. The molecule has 1 amide bonds. The van der Waals surface area contributed by atoms with Crippen molar-refractivity contribution in [1.29, 1.82) is 0 Å². The van der Waals surface area contributed by atoms with Crippen molar-refractivity contribution >= 4 is 29.4 Å². The Morgan fingerprint density at radius 2 is 1.40 bits per heavy atom. The van der Waals surface area contributed by atoms with Gasteiger partial charge in [0.2, 0.25) is 23.8 Å². The summed E-state index contributed by atoms with van der Waals surface area (Å²) in [7, 11) is 0. The van der Waals surface area contributed by atoms with E-state index >= 15 is 0 Å². The van der Waals surface area contributed by atoms with Crippen LogP contribution in [0.3, 0.4) is 0 Å². The van der Waals surface area contributed by atoms with Crippen LogP contribution in [0.25, 0.3) is 0 Å². The second-order valence-electron chi connectivity index (χ2n) is 9.18. The Balaban J connectivity index is 1.31. The van der Waals surface area contributed by atoms with E-state index in [1.54, 1.807) is 6.20 Å². The number of hydrogen-bond acceptors (Lipinski definition) is 11. The molecule has 2 heterocycles. The maximum atomic E-state index is 12.3. The van der Waals surface area contributed by atoms with E-state index in [1.807, 2.05) is 72.8 Å². The van der Waals surface area contributed by atoms with E-state index in [1.165, 1.54) is 0 Å². The second-order valence-corrected chi connectivity index (χ2v) is 9.18. The number of ether oxygens (including phenoxy) is 2. The van der Waals surface area contributed by atoms with Crippen molar-refractivity contribution in [2.75, 3.05) is 55.5 Å². The Kier molecular flexibility index (Phi) is 12.4. The molecule has 0 aliphatic rings. The third-order valence-electron chi connectivity index (χ3n) is 5.86. The maximum Gasteiger partial charge on any atom is 0.233 e. The van der Waals surface area contributed by atoms with Crippen LogP contribution in [0.4, 0.5) is 23.5 Å². The van der Waals surface area contributed by atoms with E-state index in [4.69, 9.17) is 15.2 Å². The SMILES string of the molecule is NCCOCCOCCNC(=O)Cc1ccc(Nc2nc(NCc3ccccc3)nc(NCc3ccccn3)n2)cc1. The predicted octanol–water partition coefficient (Wildman–Crippen LogP) is 2.89. The zero-order valence-electron chi connectivity index (χ0n) is 23.5. The van der Waals surface area contributed by atoms with E-state index in [0.717, 1.165) is 22.5 Å². The number of nitrogens with one attached hydrogen (secondary N) is 4. The molecule has 0 radical (unpaired) electrons. The van der Waals surface area contributed by atoms with E-state index < -0.39 is 0 Å². The normalized spacial score (nSPS) is 10.7. The fourth-order valence-electron chi connectivity index (χ4n) is 3.79. The fourth-order valence-corrected chi connectivity index (χ4v) is 3.79. The minimum absolute atomic E-state index is 0.0751. The van der Waals surface area contributed by atoms with Gasteiger partial charge in [-0.15, -0.1) is 0 Å². The third kappa shape index (κ3) is 11.1. The first-order valence-corrected chi connectivity index (χ1v) is 13.8. The van der Waals surface area contributed by atoms with E-state index in [-0.39, 0.29) is 12.3 Å². The Morgan fingerprint density at radius 1 is 0.714 bits per heavy atom. The van der Waals surface area contributed by atoms with Crippen LogP contribution in [0.1, 0.15) is 16.8 Å². The van der Waals surface area contributed by atoms with Crippen LogP contribution < -0.4 is 27.0 Å². The first kappa shape index (κ1) is 30.3. The van der Waals surface area contributed by atoms with Crippen molar-refractivity contribution in [3.8, 4) is 0 Å². The molecular weight excluding hydrogens is 534 g/mol. The predicted molar refractivity (Wildman–Crippen MR) is 162 cm³/mol. The van der Waals surface area contributed by atoms with Gasteiger partial charge in [0.1, 0.15) is 0 Å². The number of anilines is 4. The molecule has 0 bridgehead atoms. The van der Waals surface area contributed by atoms with Gasteiger partial charge in [-0.3, -0.25) is 9.78 Å². The summed E-state index contributed by atoms with van der Waals surface area (Å²) in [5, 5.41) is 12.6. The third-order valence-corrected chi connectivity index (χ3v) is 5.86. The van der Waals surface area contributed by atoms with Crippen molar-refractivity contribution in [2.24, 2.45) is 5.73 Å². The highest BCUT2D eigenvalue weighted by Gasteiger charge is 2.09. The number of rotatable bonds is 18. The molecule has 0 saturated carbocycles. The van der Waals surface area contributed by atoms with Gasteiger partial charge in [-0.2, -0.15) is 15.0 Å². The lowest BCUT2D eigenvalue weighted by molar-refractivity contribution is -0.120. The molecule has 0 aliphatic heterocycles. The summed E-state index contributed by atoms with van der Waals surface area (Å²) in [6.45, 7) is 3.86. The Labute approximate surface area is 245 Å². The average Bonchev–Trinajstić information content (AvgIpc) is 3.02. The number of aromatic nitrogens is 4. The standard InChI is InChI=1S/C30H37N9O3/c31-13-16-41-18-19-42-17-15-33-27(40)20-23-9-11-25(12-10-23)36-30-38-28(34-21-24-6-2-1-3-7-24)37-29(39-30)35-22-26-8-4-5-14-32-26/h1-12,14H,13,15-22,31H2,(H,33,40)(H3,34,35,36,37,38,39). The highest BCUT2D eigenvalue weighted by atomic mass is 16.5. The zero-order chi connectivity index (χ0) is 29.2. The summed E-state index contributed by atoms with van der Waals surface area (Å²) in [4.78, 5) is 30.3. The number of hydrogen-bond donors (Lipinski definition) is 5. The second kappa shape index (κ2) is 17.2. The highest BCUT2D eigenvalue weighted by Crippen LogP contribution is 2.18. The summed E-state index contributed by atoms with van der Waals surface area (Å²) in [5.74, 6) is 1.14. The number of carbonyl (C=O) groups is 1. The summed E-state index contributed by atoms with van der Waals surface area (Å²) in [5.41, 5.74) is 9.00. The van der Waals surface area contributed by atoms with Crippen molar-refractivity contribution in [3.05, 3.63) is 95.8 Å². The van der Waals surface area contributed by atoms with Crippen LogP contribution in [-0.4, -0.2) is 65.4 Å². The number of nitrogens with two attached hydrogens (primary N) is 1. The molecular formula is C30H37N9O3. The number of pyridine rings is 1. The van der Waals surface area contributed by atoms with Crippen LogP contribution in [0.15, 0.2) is 79.0 Å². The lowest BCUT2D eigenvalue weighted by atomic mass is 10.1. The average molecular weight is 572 g/mol. The van der Waals surface area contributed by atoms with Gasteiger partial charge in [-0.25, -0.2) is 0 Å². The van der Waals surface area contributed by atoms with Crippen LogP contribution in [0.2, 0.25) is 0 Å². The van der Waals surface area contributed by atoms with E-state index in [0.29, 0.717) is 70.5 Å². The maximum absolute atomic E-state index is 12.3. The minimum atomic E-state index is -0.0751. The molecule has 0 aliphatic carbocycles. The Hall–Kier alpha value is -4.65. The topological polar surface area (TPSA) is 161 Å². The number of amides is 1. The summed E-state index contributed by atoms with van der Waals surface area (Å²) < 4.78 is 10.7. The number of carbonyl (C=O) groups excluding carboxylic acids is 1. The van der Waals surface area contributed by atoms with Gasteiger partial charge >= 0.3 is 0 Å². The molecule has 12 nitrogen and oxygen atoms in total. The van der Waals surface area contributed by atoms with Crippen LogP contribution in [0, 0.1) is 0 Å². The molecule has 2 aromatic heterocycles. The highest BCUT2D eigenvalue weighted by molar-refractivity contribution is 5.78. The lowest BCUT2D eigenvalue weighted by Crippen LogP contribution is -2.29. The Morgan fingerprint density at radius 3 is 2.12 bits per heavy atom. The summed E-state index contributed by atoms with van der Waals surface area (Å²) in [6.07, 6.45) is 2.01. The first-order chi connectivity index (χ1) is 20.7. The smallest absolute Gasteiger partial charge is 0.233 e. The lowest BCUT2D eigenvalue weighted by Gasteiger charge is -2.12. The van der Waals surface area contributed by atoms with Crippen molar-refractivity contribution in [2.45, 2.75) is 19.5 Å². The first-order valence-electron chi connectivity index (χ1n) is 13.8. The minimum Gasteiger partial charge on any atom is -0.378 e. The van der Waals surface area contributed by atoms with Gasteiger partial charge in [-0.05, 0) is 35.4 Å². The molecule has 4 rings (SSSR count). The summed E-state index contributed by atoms with van der Waals surface area (Å²) in [6, 6.07) is 23.3. The largest absolute Gasteiger partial charge is 0.378 e. The number of nitrogens with zero attached hydrogens (tertiary/aromatic N) is 4. The molecule has 42 heavy (non-hydrogen) atoms. The van der Waals surface area contributed by atoms with Gasteiger partial charge < -0.3 is 36.5 Å². The molecule has 0 unspecified atom stereocenters. The van der Waals surface area contributed by atoms with Crippen molar-refractivity contribution in [3.63, 3.8) is 0 Å². The molecule has 220 valence electrons. The monoisotopic (exact) mass is 571 g/mol. The molecule has 2 aromatic carbocycles. The van der Waals surface area contributed by atoms with Gasteiger partial charge in [-0.1, -0.05) is 48.5 Å². The van der Waals surface area contributed by atoms with Crippen molar-refractivity contribution < 1.29 is 14.3 Å². The van der Waals surface area contributed by atoms with Crippen LogP contribution >= 0.6 is 0 Å². The fraction of sp³-hybridized carbons (Fsp3) is 0.300. The van der Waals surface area contributed by atoms with E-state index in [9.17, 15) is 4.79 Å². The van der Waals surface area contributed by atoms with Gasteiger partial charge in [0, 0.05) is 31.5 Å². The van der Waals surface area contributed by atoms with Gasteiger partial charge in [0.25, 0.3) is 0 Å². The molecule has 6 N–H and O–H groups in total. The summed E-state index contributed by atoms with van der Waals surface area (Å²) >= 11 is 0.